The maximum absolute atomic E-state index is 12.3. The van der Waals surface area contributed by atoms with E-state index in [4.69, 9.17) is 5.11 Å². The number of aromatic amines is 1. The van der Waals surface area contributed by atoms with Crippen LogP contribution >= 0.6 is 0 Å². The molecule has 0 spiro atoms. The van der Waals surface area contributed by atoms with E-state index in [0.717, 1.165) is 5.56 Å². The summed E-state index contributed by atoms with van der Waals surface area (Å²) in [6, 6.07) is 8.97. The van der Waals surface area contributed by atoms with Crippen LogP contribution in [-0.2, 0) is 4.79 Å². The summed E-state index contributed by atoms with van der Waals surface area (Å²) in [6.07, 6.45) is 3.78. The van der Waals surface area contributed by atoms with Gasteiger partial charge in [-0.1, -0.05) is 30.3 Å². The van der Waals surface area contributed by atoms with E-state index in [-0.39, 0.29) is 18.5 Å². The smallest absolute Gasteiger partial charge is 0.318 e. The van der Waals surface area contributed by atoms with Crippen molar-refractivity contribution in [2.24, 2.45) is 0 Å². The van der Waals surface area contributed by atoms with Gasteiger partial charge in [-0.3, -0.25) is 4.79 Å². The Labute approximate surface area is 134 Å². The Morgan fingerprint density at radius 3 is 2.70 bits per heavy atom. The molecule has 3 N–H and O–H groups in total. The van der Waals surface area contributed by atoms with Gasteiger partial charge in [0.25, 0.3) is 0 Å². The lowest BCUT2D eigenvalue weighted by atomic mass is 10.1. The molecular weight excluding hydrogens is 296 g/mol. The molecule has 122 valence electrons. The van der Waals surface area contributed by atoms with E-state index < -0.39 is 5.97 Å². The Bertz CT molecular complexity index is 628. The molecule has 0 saturated heterocycles. The SMILES string of the molecule is CN(C(=O)NCCCC(=O)O)C(c1ccccc1)c1ncc[nH]1. The molecule has 1 atom stereocenters. The number of carboxylic acid groups (broad SMARTS) is 1. The van der Waals surface area contributed by atoms with Gasteiger partial charge in [0.15, 0.2) is 0 Å². The number of urea groups is 1. The third kappa shape index (κ3) is 4.57. The molecule has 0 aliphatic heterocycles. The van der Waals surface area contributed by atoms with E-state index in [2.05, 4.69) is 15.3 Å². The van der Waals surface area contributed by atoms with Gasteiger partial charge in [-0.15, -0.1) is 0 Å². The largest absolute Gasteiger partial charge is 0.481 e. The second kappa shape index (κ2) is 7.98. The number of carbonyl (C=O) groups excluding carboxylic acids is 1. The Balaban J connectivity index is 2.07. The number of amides is 2. The number of nitrogens with zero attached hydrogens (tertiary/aromatic N) is 2. The van der Waals surface area contributed by atoms with E-state index in [1.165, 1.54) is 0 Å². The Hall–Kier alpha value is -2.83. The second-order valence-electron chi connectivity index (χ2n) is 5.13. The highest BCUT2D eigenvalue weighted by Gasteiger charge is 2.25. The summed E-state index contributed by atoms with van der Waals surface area (Å²) in [5, 5.41) is 11.3. The van der Waals surface area contributed by atoms with Crippen LogP contribution < -0.4 is 5.32 Å². The van der Waals surface area contributed by atoms with Crippen molar-refractivity contribution < 1.29 is 14.7 Å². The molecule has 1 unspecified atom stereocenters. The van der Waals surface area contributed by atoms with Gasteiger partial charge in [-0.2, -0.15) is 0 Å². The first-order chi connectivity index (χ1) is 11.1. The summed E-state index contributed by atoms with van der Waals surface area (Å²) in [5.41, 5.74) is 0.936. The molecule has 2 rings (SSSR count). The minimum absolute atomic E-state index is 0.0320. The van der Waals surface area contributed by atoms with Crippen molar-refractivity contribution in [3.8, 4) is 0 Å². The maximum atomic E-state index is 12.3. The summed E-state index contributed by atoms with van der Waals surface area (Å²) >= 11 is 0. The molecule has 23 heavy (non-hydrogen) atoms. The molecule has 1 heterocycles. The third-order valence-corrected chi connectivity index (χ3v) is 3.44. The number of carboxylic acids is 1. The number of nitrogens with one attached hydrogen (secondary N) is 2. The van der Waals surface area contributed by atoms with Gasteiger partial charge < -0.3 is 20.3 Å². The normalized spacial score (nSPS) is 11.7. The average Bonchev–Trinajstić information content (AvgIpc) is 3.06. The number of hydrogen-bond acceptors (Lipinski definition) is 3. The van der Waals surface area contributed by atoms with Gasteiger partial charge in [0.05, 0.1) is 0 Å². The second-order valence-corrected chi connectivity index (χ2v) is 5.13. The monoisotopic (exact) mass is 316 g/mol. The fourth-order valence-corrected chi connectivity index (χ4v) is 2.30. The number of aliphatic carboxylic acids is 1. The van der Waals surface area contributed by atoms with Crippen molar-refractivity contribution >= 4 is 12.0 Å². The number of H-pyrrole nitrogens is 1. The molecule has 2 amide bonds. The van der Waals surface area contributed by atoms with E-state index in [0.29, 0.717) is 18.8 Å². The molecule has 0 aliphatic carbocycles. The third-order valence-electron chi connectivity index (χ3n) is 3.44. The zero-order chi connectivity index (χ0) is 16.7. The van der Waals surface area contributed by atoms with E-state index in [9.17, 15) is 9.59 Å². The van der Waals surface area contributed by atoms with Crippen LogP contribution in [0.3, 0.4) is 0 Å². The first-order valence-electron chi connectivity index (χ1n) is 7.36. The summed E-state index contributed by atoms with van der Waals surface area (Å²) in [7, 11) is 1.69. The quantitative estimate of drug-likeness (QED) is 0.680. The van der Waals surface area contributed by atoms with Crippen LogP contribution in [0.1, 0.15) is 30.3 Å². The number of imidazole rings is 1. The van der Waals surface area contributed by atoms with Gasteiger partial charge in [0.2, 0.25) is 0 Å². The maximum Gasteiger partial charge on any atom is 0.318 e. The Morgan fingerprint density at radius 1 is 1.35 bits per heavy atom. The summed E-state index contributed by atoms with van der Waals surface area (Å²) in [6.45, 7) is 0.315. The molecule has 0 aliphatic rings. The van der Waals surface area contributed by atoms with Crippen LogP contribution in [0.15, 0.2) is 42.7 Å². The molecule has 2 aromatic rings. The number of carbonyl (C=O) groups is 2. The van der Waals surface area contributed by atoms with Crippen molar-refractivity contribution in [3.63, 3.8) is 0 Å². The predicted molar refractivity (Wildman–Crippen MR) is 84.9 cm³/mol. The van der Waals surface area contributed by atoms with Gasteiger partial charge >= 0.3 is 12.0 Å². The fraction of sp³-hybridized carbons (Fsp3) is 0.312. The average molecular weight is 316 g/mol. The van der Waals surface area contributed by atoms with Crippen molar-refractivity contribution in [2.75, 3.05) is 13.6 Å². The van der Waals surface area contributed by atoms with E-state index >= 15 is 0 Å². The van der Waals surface area contributed by atoms with Crippen LogP contribution in [0, 0.1) is 0 Å². The van der Waals surface area contributed by atoms with E-state index in [1.54, 1.807) is 24.3 Å². The lowest BCUT2D eigenvalue weighted by Gasteiger charge is -2.27. The lowest BCUT2D eigenvalue weighted by Crippen LogP contribution is -2.40. The van der Waals surface area contributed by atoms with Crippen LogP contribution in [0.5, 0.6) is 0 Å². The molecule has 7 heteroatoms. The van der Waals surface area contributed by atoms with Crippen molar-refractivity contribution in [2.45, 2.75) is 18.9 Å². The van der Waals surface area contributed by atoms with Gasteiger partial charge in [-0.05, 0) is 12.0 Å². The first kappa shape index (κ1) is 16.5. The number of hydrogen-bond donors (Lipinski definition) is 3. The highest BCUT2D eigenvalue weighted by atomic mass is 16.4. The zero-order valence-electron chi connectivity index (χ0n) is 12.9. The lowest BCUT2D eigenvalue weighted by molar-refractivity contribution is -0.137. The number of aromatic nitrogens is 2. The van der Waals surface area contributed by atoms with Gasteiger partial charge in [-0.25, -0.2) is 9.78 Å². The summed E-state index contributed by atoms with van der Waals surface area (Å²) in [4.78, 5) is 31.7. The van der Waals surface area contributed by atoms with Crippen LogP contribution in [-0.4, -0.2) is 45.6 Å². The standard InChI is InChI=1S/C16H20N4O3/c1-20(16(23)19-9-5-8-13(21)22)14(15-17-10-11-18-15)12-6-3-2-4-7-12/h2-4,6-7,10-11,14H,5,8-9H2,1H3,(H,17,18)(H,19,23)(H,21,22). The zero-order valence-corrected chi connectivity index (χ0v) is 12.9. The first-order valence-corrected chi connectivity index (χ1v) is 7.36. The molecule has 0 saturated carbocycles. The topological polar surface area (TPSA) is 98.3 Å². The Morgan fingerprint density at radius 2 is 2.09 bits per heavy atom. The molecule has 0 fully saturated rings. The number of rotatable bonds is 7. The highest BCUT2D eigenvalue weighted by Crippen LogP contribution is 2.24. The van der Waals surface area contributed by atoms with Gasteiger partial charge in [0.1, 0.15) is 11.9 Å². The fourth-order valence-electron chi connectivity index (χ4n) is 2.30. The minimum Gasteiger partial charge on any atom is -0.481 e. The predicted octanol–water partition coefficient (Wildman–Crippen LogP) is 2.01. The number of benzene rings is 1. The molecular formula is C16H20N4O3. The van der Waals surface area contributed by atoms with Crippen molar-refractivity contribution in [1.82, 2.24) is 20.2 Å². The van der Waals surface area contributed by atoms with Crippen LogP contribution in [0.4, 0.5) is 4.79 Å². The summed E-state index contributed by atoms with van der Waals surface area (Å²) < 4.78 is 0. The van der Waals surface area contributed by atoms with Crippen molar-refractivity contribution in [3.05, 3.63) is 54.1 Å². The van der Waals surface area contributed by atoms with Crippen LogP contribution in [0.2, 0.25) is 0 Å². The summed E-state index contributed by atoms with van der Waals surface area (Å²) in [5.74, 6) is -0.204. The molecule has 0 radical (unpaired) electrons. The Kier molecular flexibility index (Phi) is 5.74. The van der Waals surface area contributed by atoms with E-state index in [1.807, 2.05) is 30.3 Å². The molecule has 1 aromatic carbocycles. The molecule has 0 bridgehead atoms. The van der Waals surface area contributed by atoms with Gasteiger partial charge in [0, 0.05) is 32.4 Å². The molecule has 1 aromatic heterocycles. The highest BCUT2D eigenvalue weighted by molar-refractivity contribution is 5.75. The molecule has 7 nitrogen and oxygen atoms in total. The minimum atomic E-state index is -0.870. The van der Waals surface area contributed by atoms with Crippen molar-refractivity contribution in [1.29, 1.82) is 0 Å². The van der Waals surface area contributed by atoms with Crippen LogP contribution in [0.25, 0.3) is 0 Å².